The fourth-order valence-electron chi connectivity index (χ4n) is 4.54. The van der Waals surface area contributed by atoms with Crippen LogP contribution in [0.25, 0.3) is 6.08 Å². The second-order valence-electron chi connectivity index (χ2n) is 9.86. The lowest BCUT2D eigenvalue weighted by Gasteiger charge is -2.26. The number of ether oxygens (including phenoxy) is 4. The molecule has 234 valence electrons. The number of carbonyl (C=O) groups is 4. The molecule has 1 N–H and O–H groups in total. The molecule has 0 aliphatic carbocycles. The smallest absolute Gasteiger partial charge is 0.337 e. The van der Waals surface area contributed by atoms with Crippen molar-refractivity contribution in [2.45, 2.75) is 13.2 Å². The van der Waals surface area contributed by atoms with Crippen molar-refractivity contribution < 1.29 is 38.1 Å². The van der Waals surface area contributed by atoms with Crippen LogP contribution in [0.3, 0.4) is 0 Å². The van der Waals surface area contributed by atoms with Crippen LogP contribution >= 0.6 is 31.9 Å². The van der Waals surface area contributed by atoms with Gasteiger partial charge >= 0.3 is 12.0 Å². The van der Waals surface area contributed by atoms with E-state index in [-0.39, 0.29) is 23.4 Å². The van der Waals surface area contributed by atoms with E-state index in [2.05, 4.69) is 41.9 Å². The zero-order valence-electron chi connectivity index (χ0n) is 24.5. The van der Waals surface area contributed by atoms with Crippen molar-refractivity contribution in [2.75, 3.05) is 19.1 Å². The van der Waals surface area contributed by atoms with Crippen LogP contribution in [-0.4, -0.2) is 38.0 Å². The molecule has 4 amide bonds. The SMILES string of the molecule is COC(=O)c1ccc(N2C(=O)NC(=O)/C(=C/c3cc(Br)c(OCc4ccc(OCc5ccccc5)c(OC)c4)c(Br)c3)C2=O)cc1. The highest BCUT2D eigenvalue weighted by molar-refractivity contribution is 9.11. The quantitative estimate of drug-likeness (QED) is 0.107. The Balaban J connectivity index is 1.30. The fourth-order valence-corrected chi connectivity index (χ4v) is 5.99. The van der Waals surface area contributed by atoms with Crippen molar-refractivity contribution in [2.24, 2.45) is 0 Å². The number of hydrogen-bond acceptors (Lipinski definition) is 8. The van der Waals surface area contributed by atoms with Crippen LogP contribution in [0.2, 0.25) is 0 Å². The predicted octanol–water partition coefficient (Wildman–Crippen LogP) is 6.83. The van der Waals surface area contributed by atoms with E-state index < -0.39 is 23.8 Å². The van der Waals surface area contributed by atoms with Crippen molar-refractivity contribution in [1.29, 1.82) is 0 Å². The van der Waals surface area contributed by atoms with Gasteiger partial charge in [-0.05, 0) is 103 Å². The minimum Gasteiger partial charge on any atom is -0.493 e. The molecule has 12 heteroatoms. The summed E-state index contributed by atoms with van der Waals surface area (Å²) in [4.78, 5) is 51.2. The highest BCUT2D eigenvalue weighted by Gasteiger charge is 2.37. The van der Waals surface area contributed by atoms with E-state index in [0.29, 0.717) is 38.4 Å². The topological polar surface area (TPSA) is 120 Å². The second-order valence-corrected chi connectivity index (χ2v) is 11.6. The van der Waals surface area contributed by atoms with Gasteiger partial charge in [0.1, 0.15) is 24.5 Å². The molecular weight excluding hydrogens is 724 g/mol. The van der Waals surface area contributed by atoms with Gasteiger partial charge in [0.15, 0.2) is 11.5 Å². The summed E-state index contributed by atoms with van der Waals surface area (Å²) >= 11 is 7.03. The Labute approximate surface area is 281 Å². The lowest BCUT2D eigenvalue weighted by atomic mass is 10.1. The van der Waals surface area contributed by atoms with Crippen LogP contribution < -0.4 is 24.4 Å². The number of nitrogens with zero attached hydrogens (tertiary/aromatic N) is 1. The molecule has 1 saturated heterocycles. The zero-order chi connectivity index (χ0) is 32.8. The molecule has 0 atom stereocenters. The van der Waals surface area contributed by atoms with Gasteiger partial charge in [-0.1, -0.05) is 36.4 Å². The average Bonchev–Trinajstić information content (AvgIpc) is 3.05. The Bertz CT molecular complexity index is 1820. The molecule has 0 spiro atoms. The van der Waals surface area contributed by atoms with E-state index in [1.165, 1.54) is 37.5 Å². The first-order chi connectivity index (χ1) is 22.2. The molecule has 0 bridgehead atoms. The lowest BCUT2D eigenvalue weighted by Crippen LogP contribution is -2.54. The van der Waals surface area contributed by atoms with Crippen LogP contribution in [0.15, 0.2) is 99.4 Å². The minimum atomic E-state index is -0.906. The summed E-state index contributed by atoms with van der Waals surface area (Å²) in [6.45, 7) is 0.612. The van der Waals surface area contributed by atoms with E-state index in [1.54, 1.807) is 19.2 Å². The summed E-state index contributed by atoms with van der Waals surface area (Å²) in [5.74, 6) is -0.559. The molecule has 1 aliphatic heterocycles. The standard InChI is InChI=1S/C34H26Br2N2O8/c1-43-29-17-21(8-13-28(29)45-18-20-6-4-3-5-7-20)19-46-30-26(35)15-22(16-27(30)36)14-25-31(39)37-34(42)38(32(25)40)24-11-9-23(10-12-24)33(41)44-2/h3-17H,18-19H2,1-2H3,(H,37,39,42)/b25-14-. The van der Waals surface area contributed by atoms with Gasteiger partial charge in [-0.2, -0.15) is 0 Å². The maximum atomic E-state index is 13.3. The summed E-state index contributed by atoms with van der Waals surface area (Å²) in [6, 6.07) is 23.5. The van der Waals surface area contributed by atoms with Gasteiger partial charge in [-0.25, -0.2) is 14.5 Å². The Morgan fingerprint density at radius 1 is 0.804 bits per heavy atom. The maximum Gasteiger partial charge on any atom is 0.337 e. The predicted molar refractivity (Wildman–Crippen MR) is 177 cm³/mol. The summed E-state index contributed by atoms with van der Waals surface area (Å²) in [7, 11) is 2.82. The van der Waals surface area contributed by atoms with Crippen LogP contribution in [0, 0.1) is 0 Å². The number of methoxy groups -OCH3 is 2. The Kier molecular flexibility index (Phi) is 10.2. The summed E-state index contributed by atoms with van der Waals surface area (Å²) < 4.78 is 23.4. The number of rotatable bonds is 10. The molecule has 1 fully saturated rings. The highest BCUT2D eigenvalue weighted by Crippen LogP contribution is 2.37. The number of barbiturate groups is 1. The van der Waals surface area contributed by atoms with Crippen molar-refractivity contribution in [1.82, 2.24) is 5.32 Å². The number of amides is 4. The number of urea groups is 1. The third-order valence-electron chi connectivity index (χ3n) is 6.83. The van der Waals surface area contributed by atoms with Crippen LogP contribution in [0.5, 0.6) is 17.2 Å². The van der Waals surface area contributed by atoms with Crippen LogP contribution in [0.1, 0.15) is 27.0 Å². The first kappa shape index (κ1) is 32.5. The lowest BCUT2D eigenvalue weighted by molar-refractivity contribution is -0.122. The van der Waals surface area contributed by atoms with Crippen molar-refractivity contribution in [3.8, 4) is 17.2 Å². The number of anilines is 1. The third kappa shape index (κ3) is 7.30. The Morgan fingerprint density at radius 2 is 1.48 bits per heavy atom. The molecule has 5 rings (SSSR count). The molecule has 4 aromatic rings. The molecular formula is C34H26Br2N2O8. The number of nitrogens with one attached hydrogen (secondary N) is 1. The fraction of sp³-hybridized carbons (Fsp3) is 0.118. The summed E-state index contributed by atoms with van der Waals surface area (Å²) in [5, 5.41) is 2.19. The number of halogens is 2. The number of benzene rings is 4. The monoisotopic (exact) mass is 748 g/mol. The molecule has 1 heterocycles. The van der Waals surface area contributed by atoms with E-state index in [9.17, 15) is 19.2 Å². The van der Waals surface area contributed by atoms with Gasteiger partial charge in [0, 0.05) is 0 Å². The van der Waals surface area contributed by atoms with Crippen molar-refractivity contribution >= 4 is 67.4 Å². The third-order valence-corrected chi connectivity index (χ3v) is 8.01. The number of imide groups is 2. The number of esters is 1. The first-order valence-corrected chi connectivity index (χ1v) is 15.3. The summed E-state index contributed by atoms with van der Waals surface area (Å²) in [5.41, 5.74) is 2.52. The van der Waals surface area contributed by atoms with Crippen LogP contribution in [0.4, 0.5) is 10.5 Å². The minimum absolute atomic E-state index is 0.173. The van der Waals surface area contributed by atoms with Gasteiger partial charge in [0.05, 0.1) is 34.4 Å². The average molecular weight is 750 g/mol. The number of hydrogen-bond donors (Lipinski definition) is 1. The Hall–Kier alpha value is -4.94. The summed E-state index contributed by atoms with van der Waals surface area (Å²) in [6.07, 6.45) is 1.37. The van der Waals surface area contributed by atoms with Gasteiger partial charge < -0.3 is 18.9 Å². The van der Waals surface area contributed by atoms with E-state index in [4.69, 9.17) is 14.2 Å². The molecule has 0 aromatic heterocycles. The molecule has 0 saturated carbocycles. The highest BCUT2D eigenvalue weighted by atomic mass is 79.9. The largest absolute Gasteiger partial charge is 0.493 e. The van der Waals surface area contributed by atoms with E-state index in [0.717, 1.165) is 16.0 Å². The molecule has 1 aliphatic rings. The molecule has 46 heavy (non-hydrogen) atoms. The second kappa shape index (κ2) is 14.4. The molecule has 0 radical (unpaired) electrons. The van der Waals surface area contributed by atoms with Gasteiger partial charge in [0.2, 0.25) is 0 Å². The van der Waals surface area contributed by atoms with Crippen molar-refractivity contribution in [3.63, 3.8) is 0 Å². The normalized spacial score (nSPS) is 13.8. The zero-order valence-corrected chi connectivity index (χ0v) is 27.7. The van der Waals surface area contributed by atoms with E-state index in [1.807, 2.05) is 48.5 Å². The molecule has 4 aromatic carbocycles. The van der Waals surface area contributed by atoms with Gasteiger partial charge in [-0.3, -0.25) is 14.9 Å². The molecule has 0 unspecified atom stereocenters. The maximum absolute atomic E-state index is 13.3. The van der Waals surface area contributed by atoms with Gasteiger partial charge in [0.25, 0.3) is 11.8 Å². The van der Waals surface area contributed by atoms with E-state index >= 15 is 0 Å². The molecule has 10 nitrogen and oxygen atoms in total. The van der Waals surface area contributed by atoms with Gasteiger partial charge in [-0.15, -0.1) is 0 Å². The first-order valence-electron chi connectivity index (χ1n) is 13.7. The number of carbonyl (C=O) groups excluding carboxylic acids is 4. The van der Waals surface area contributed by atoms with Crippen LogP contribution in [-0.2, 0) is 27.5 Å². The van der Waals surface area contributed by atoms with Crippen molar-refractivity contribution in [3.05, 3.63) is 122 Å². The Morgan fingerprint density at radius 3 is 2.13 bits per heavy atom.